The minimum absolute atomic E-state index is 0.385. The molecule has 3 heteroatoms. The number of primary amides is 1. The van der Waals surface area contributed by atoms with Crippen molar-refractivity contribution in [1.82, 2.24) is 4.57 Å². The van der Waals surface area contributed by atoms with Gasteiger partial charge in [-0.3, -0.25) is 4.79 Å². The van der Waals surface area contributed by atoms with Gasteiger partial charge in [0.2, 0.25) is 0 Å². The van der Waals surface area contributed by atoms with Crippen LogP contribution in [0.3, 0.4) is 0 Å². The second-order valence-electron chi connectivity index (χ2n) is 3.80. The van der Waals surface area contributed by atoms with Crippen molar-refractivity contribution in [2.75, 3.05) is 0 Å². The van der Waals surface area contributed by atoms with Crippen LogP contribution >= 0.6 is 0 Å². The molecule has 0 fully saturated rings. The average Bonchev–Trinajstić information content (AvgIpc) is 2.62. The van der Waals surface area contributed by atoms with Gasteiger partial charge in [0, 0.05) is 12.2 Å². The summed E-state index contributed by atoms with van der Waals surface area (Å²) in [5.74, 6) is -0.385. The zero-order valence-electron chi connectivity index (χ0n) is 9.18. The van der Waals surface area contributed by atoms with E-state index in [0.717, 1.165) is 11.3 Å². The molecule has 0 unspecified atom stereocenters. The lowest BCUT2D eigenvalue weighted by Gasteiger charge is -2.09. The van der Waals surface area contributed by atoms with Crippen molar-refractivity contribution in [1.29, 1.82) is 0 Å². The largest absolute Gasteiger partial charge is 0.364 e. The summed E-state index contributed by atoms with van der Waals surface area (Å²) in [5.41, 5.74) is 8.07. The van der Waals surface area contributed by atoms with Gasteiger partial charge in [0.25, 0.3) is 5.91 Å². The smallest absolute Gasteiger partial charge is 0.265 e. The zero-order valence-corrected chi connectivity index (χ0v) is 9.18. The number of nitrogens with zero attached hydrogens (tertiary/aromatic N) is 1. The summed E-state index contributed by atoms with van der Waals surface area (Å²) in [4.78, 5) is 11.2. The van der Waals surface area contributed by atoms with Crippen molar-refractivity contribution in [2.45, 2.75) is 13.5 Å². The molecule has 0 bridgehead atoms. The quantitative estimate of drug-likeness (QED) is 0.834. The maximum absolute atomic E-state index is 11.2. The third-order valence-electron chi connectivity index (χ3n) is 2.63. The summed E-state index contributed by atoms with van der Waals surface area (Å²) in [7, 11) is 0. The van der Waals surface area contributed by atoms with Gasteiger partial charge < -0.3 is 10.3 Å². The fraction of sp³-hybridized carbons (Fsp3) is 0.154. The SMILES string of the molecule is Cc1ccc(C(N)=O)n1Cc1ccccc1. The van der Waals surface area contributed by atoms with E-state index < -0.39 is 0 Å². The molecular formula is C13H14N2O. The molecule has 0 saturated heterocycles. The van der Waals surface area contributed by atoms with Crippen molar-refractivity contribution in [3.63, 3.8) is 0 Å². The summed E-state index contributed by atoms with van der Waals surface area (Å²) in [6.45, 7) is 2.65. The summed E-state index contributed by atoms with van der Waals surface area (Å²) < 4.78 is 1.93. The lowest BCUT2D eigenvalue weighted by Crippen LogP contribution is -2.18. The predicted octanol–water partition coefficient (Wildman–Crippen LogP) is 1.94. The molecule has 0 radical (unpaired) electrons. The Hall–Kier alpha value is -2.03. The highest BCUT2D eigenvalue weighted by Crippen LogP contribution is 2.11. The van der Waals surface area contributed by atoms with E-state index in [1.165, 1.54) is 0 Å². The fourth-order valence-corrected chi connectivity index (χ4v) is 1.76. The van der Waals surface area contributed by atoms with Crippen LogP contribution in [0.25, 0.3) is 0 Å². The van der Waals surface area contributed by atoms with E-state index in [0.29, 0.717) is 12.2 Å². The van der Waals surface area contributed by atoms with Crippen LogP contribution in [0.1, 0.15) is 21.7 Å². The fourth-order valence-electron chi connectivity index (χ4n) is 1.76. The van der Waals surface area contributed by atoms with Gasteiger partial charge in [-0.25, -0.2) is 0 Å². The predicted molar refractivity (Wildman–Crippen MR) is 63.2 cm³/mol. The molecule has 2 rings (SSSR count). The molecule has 0 spiro atoms. The van der Waals surface area contributed by atoms with Crippen molar-refractivity contribution in [2.24, 2.45) is 5.73 Å². The summed E-state index contributed by atoms with van der Waals surface area (Å²) in [6.07, 6.45) is 0. The molecular weight excluding hydrogens is 200 g/mol. The first-order valence-corrected chi connectivity index (χ1v) is 5.18. The number of carbonyl (C=O) groups is 1. The van der Waals surface area contributed by atoms with Gasteiger partial charge in [0.1, 0.15) is 5.69 Å². The second-order valence-corrected chi connectivity index (χ2v) is 3.80. The topological polar surface area (TPSA) is 48.0 Å². The average molecular weight is 214 g/mol. The van der Waals surface area contributed by atoms with Crippen LogP contribution in [-0.4, -0.2) is 10.5 Å². The Kier molecular flexibility index (Phi) is 2.77. The van der Waals surface area contributed by atoms with Crippen LogP contribution in [0, 0.1) is 6.92 Å². The van der Waals surface area contributed by atoms with E-state index in [-0.39, 0.29) is 5.91 Å². The van der Waals surface area contributed by atoms with Crippen LogP contribution in [0.15, 0.2) is 42.5 Å². The van der Waals surface area contributed by atoms with Gasteiger partial charge in [-0.2, -0.15) is 0 Å². The van der Waals surface area contributed by atoms with Crippen LogP contribution in [0.4, 0.5) is 0 Å². The maximum atomic E-state index is 11.2. The Balaban J connectivity index is 2.34. The third kappa shape index (κ3) is 1.98. The minimum atomic E-state index is -0.385. The molecule has 0 aliphatic carbocycles. The Morgan fingerprint density at radius 1 is 1.19 bits per heavy atom. The maximum Gasteiger partial charge on any atom is 0.265 e. The summed E-state index contributed by atoms with van der Waals surface area (Å²) in [5, 5.41) is 0. The van der Waals surface area contributed by atoms with E-state index in [1.807, 2.05) is 47.9 Å². The molecule has 2 aromatic rings. The molecule has 0 atom stereocenters. The van der Waals surface area contributed by atoms with E-state index in [1.54, 1.807) is 6.07 Å². The highest BCUT2D eigenvalue weighted by atomic mass is 16.1. The second kappa shape index (κ2) is 4.23. The third-order valence-corrected chi connectivity index (χ3v) is 2.63. The lowest BCUT2D eigenvalue weighted by molar-refractivity contribution is 0.0991. The molecule has 1 amide bonds. The van der Waals surface area contributed by atoms with Crippen molar-refractivity contribution >= 4 is 5.91 Å². The van der Waals surface area contributed by atoms with E-state index in [2.05, 4.69) is 0 Å². The van der Waals surface area contributed by atoms with Gasteiger partial charge in [0.05, 0.1) is 0 Å². The number of amides is 1. The van der Waals surface area contributed by atoms with Crippen LogP contribution in [0.5, 0.6) is 0 Å². The Labute approximate surface area is 94.5 Å². The molecule has 2 N–H and O–H groups in total. The van der Waals surface area contributed by atoms with Crippen molar-refractivity contribution in [3.05, 3.63) is 59.4 Å². The lowest BCUT2D eigenvalue weighted by atomic mass is 10.2. The van der Waals surface area contributed by atoms with E-state index in [9.17, 15) is 4.79 Å². The summed E-state index contributed by atoms with van der Waals surface area (Å²) in [6, 6.07) is 13.7. The first-order chi connectivity index (χ1) is 7.68. The molecule has 3 nitrogen and oxygen atoms in total. The molecule has 16 heavy (non-hydrogen) atoms. The number of benzene rings is 1. The van der Waals surface area contributed by atoms with E-state index >= 15 is 0 Å². The first-order valence-electron chi connectivity index (χ1n) is 5.18. The van der Waals surface area contributed by atoms with Gasteiger partial charge >= 0.3 is 0 Å². The standard InChI is InChI=1S/C13H14N2O/c1-10-7-8-12(13(14)16)15(10)9-11-5-3-2-4-6-11/h2-8H,9H2,1H3,(H2,14,16). The number of nitrogens with two attached hydrogens (primary N) is 1. The molecule has 0 aliphatic heterocycles. The van der Waals surface area contributed by atoms with Crippen LogP contribution in [0.2, 0.25) is 0 Å². The number of rotatable bonds is 3. The molecule has 1 aromatic heterocycles. The highest BCUT2D eigenvalue weighted by Gasteiger charge is 2.09. The molecule has 1 aromatic carbocycles. The Morgan fingerprint density at radius 2 is 1.88 bits per heavy atom. The Bertz CT molecular complexity index is 500. The normalized spacial score (nSPS) is 10.3. The van der Waals surface area contributed by atoms with Crippen LogP contribution in [-0.2, 0) is 6.54 Å². The summed E-state index contributed by atoms with van der Waals surface area (Å²) >= 11 is 0. The number of hydrogen-bond donors (Lipinski definition) is 1. The highest BCUT2D eigenvalue weighted by molar-refractivity contribution is 5.91. The molecule has 82 valence electrons. The van der Waals surface area contributed by atoms with Crippen LogP contribution < -0.4 is 5.73 Å². The number of aryl methyl sites for hydroxylation is 1. The number of hydrogen-bond acceptors (Lipinski definition) is 1. The molecule has 0 saturated carbocycles. The monoisotopic (exact) mass is 214 g/mol. The van der Waals surface area contributed by atoms with Crippen molar-refractivity contribution in [3.8, 4) is 0 Å². The van der Waals surface area contributed by atoms with E-state index in [4.69, 9.17) is 5.73 Å². The Morgan fingerprint density at radius 3 is 2.50 bits per heavy atom. The first kappa shape index (κ1) is 10.5. The van der Waals surface area contributed by atoms with Gasteiger partial charge in [-0.15, -0.1) is 0 Å². The van der Waals surface area contributed by atoms with Gasteiger partial charge in [0.15, 0.2) is 0 Å². The van der Waals surface area contributed by atoms with Crippen molar-refractivity contribution < 1.29 is 4.79 Å². The number of aromatic nitrogens is 1. The zero-order chi connectivity index (χ0) is 11.5. The number of carbonyl (C=O) groups excluding carboxylic acids is 1. The van der Waals surface area contributed by atoms with Gasteiger partial charge in [-0.1, -0.05) is 30.3 Å². The minimum Gasteiger partial charge on any atom is -0.364 e. The van der Waals surface area contributed by atoms with Gasteiger partial charge in [-0.05, 0) is 24.6 Å². The molecule has 0 aliphatic rings. The molecule has 1 heterocycles.